The number of aromatic nitrogens is 1. The van der Waals surface area contributed by atoms with Gasteiger partial charge in [0.1, 0.15) is 12.7 Å². The van der Waals surface area contributed by atoms with Gasteiger partial charge in [0.15, 0.2) is 11.5 Å². The van der Waals surface area contributed by atoms with E-state index in [9.17, 15) is 10.1 Å². The number of anilines is 1. The molecule has 8 heteroatoms. The zero-order chi connectivity index (χ0) is 18.6. The molecule has 2 aliphatic heterocycles. The van der Waals surface area contributed by atoms with E-state index in [0.717, 1.165) is 44.0 Å². The molecule has 27 heavy (non-hydrogen) atoms. The van der Waals surface area contributed by atoms with Gasteiger partial charge < -0.3 is 14.8 Å². The maximum absolute atomic E-state index is 11.2. The molecule has 0 aliphatic carbocycles. The first kappa shape index (κ1) is 17.5. The van der Waals surface area contributed by atoms with E-state index in [1.165, 1.54) is 6.07 Å². The molecule has 3 heterocycles. The first-order valence-corrected chi connectivity index (χ1v) is 9.16. The van der Waals surface area contributed by atoms with Gasteiger partial charge in [0.2, 0.25) is 5.82 Å². The lowest BCUT2D eigenvalue weighted by Crippen LogP contribution is -2.48. The standard InChI is InChI=1S/C19H22N4O4/c24-23(25)16-6-3-9-20-19(16)21-14-5-4-10-22(11-14)12-15-13-26-17-7-1-2-8-18(17)27-15/h1-3,6-9,14-15H,4-5,10-13H2,(H,20,21)/t14-,15-/m0/s1. The molecule has 1 fully saturated rings. The van der Waals surface area contributed by atoms with Gasteiger partial charge in [0, 0.05) is 31.4 Å². The van der Waals surface area contributed by atoms with Gasteiger partial charge in [0.05, 0.1) is 4.92 Å². The van der Waals surface area contributed by atoms with Gasteiger partial charge in [-0.1, -0.05) is 12.1 Å². The van der Waals surface area contributed by atoms with Gasteiger partial charge in [-0.3, -0.25) is 15.0 Å². The molecule has 2 aliphatic rings. The number of piperidine rings is 1. The van der Waals surface area contributed by atoms with Crippen molar-refractivity contribution in [1.29, 1.82) is 0 Å². The molecule has 1 aromatic carbocycles. The summed E-state index contributed by atoms with van der Waals surface area (Å²) in [6.45, 7) is 3.05. The Bertz CT molecular complexity index is 816. The Kier molecular flexibility index (Phi) is 5.06. The number of nitrogens with one attached hydrogen (secondary N) is 1. The van der Waals surface area contributed by atoms with Crippen molar-refractivity contribution in [3.63, 3.8) is 0 Å². The predicted molar refractivity (Wildman–Crippen MR) is 100 cm³/mol. The number of para-hydroxylation sites is 2. The van der Waals surface area contributed by atoms with Crippen molar-refractivity contribution in [1.82, 2.24) is 9.88 Å². The molecule has 1 saturated heterocycles. The van der Waals surface area contributed by atoms with Crippen molar-refractivity contribution >= 4 is 11.5 Å². The summed E-state index contributed by atoms with van der Waals surface area (Å²) in [5.74, 6) is 1.90. The SMILES string of the molecule is O=[N+]([O-])c1cccnc1N[C@H]1CCCN(C[C@H]2COc3ccccc3O2)C1. The average Bonchev–Trinajstić information content (AvgIpc) is 2.68. The smallest absolute Gasteiger partial charge is 0.311 e. The van der Waals surface area contributed by atoms with Crippen LogP contribution in [0.4, 0.5) is 11.5 Å². The zero-order valence-corrected chi connectivity index (χ0v) is 14.9. The van der Waals surface area contributed by atoms with Gasteiger partial charge in [-0.15, -0.1) is 0 Å². The van der Waals surface area contributed by atoms with Crippen molar-refractivity contribution in [2.75, 3.05) is 31.6 Å². The monoisotopic (exact) mass is 370 g/mol. The Morgan fingerprint density at radius 1 is 1.26 bits per heavy atom. The Morgan fingerprint density at radius 3 is 2.96 bits per heavy atom. The number of likely N-dealkylation sites (tertiary alicyclic amines) is 1. The van der Waals surface area contributed by atoms with Crippen LogP contribution >= 0.6 is 0 Å². The van der Waals surface area contributed by atoms with Crippen molar-refractivity contribution in [2.24, 2.45) is 0 Å². The van der Waals surface area contributed by atoms with Gasteiger partial charge in [-0.05, 0) is 37.6 Å². The summed E-state index contributed by atoms with van der Waals surface area (Å²) in [6.07, 6.45) is 3.51. The molecule has 0 spiro atoms. The molecule has 0 bridgehead atoms. The Hall–Kier alpha value is -2.87. The average molecular weight is 370 g/mol. The molecule has 8 nitrogen and oxygen atoms in total. The highest BCUT2D eigenvalue weighted by Crippen LogP contribution is 2.31. The number of nitro groups is 1. The molecule has 2 aromatic rings. The van der Waals surface area contributed by atoms with Gasteiger partial charge in [-0.25, -0.2) is 4.98 Å². The number of fused-ring (bicyclic) bond motifs is 1. The van der Waals surface area contributed by atoms with E-state index >= 15 is 0 Å². The third-order valence-electron chi connectivity index (χ3n) is 4.86. The molecule has 0 amide bonds. The highest BCUT2D eigenvalue weighted by Gasteiger charge is 2.27. The van der Waals surface area contributed by atoms with E-state index in [2.05, 4.69) is 15.2 Å². The number of rotatable bonds is 5. The number of hydrogen-bond acceptors (Lipinski definition) is 7. The van der Waals surface area contributed by atoms with Gasteiger partial charge >= 0.3 is 5.69 Å². The normalized spacial score (nSPS) is 22.2. The van der Waals surface area contributed by atoms with E-state index < -0.39 is 4.92 Å². The topological polar surface area (TPSA) is 89.8 Å². The summed E-state index contributed by atoms with van der Waals surface area (Å²) < 4.78 is 11.8. The van der Waals surface area contributed by atoms with E-state index in [1.54, 1.807) is 12.3 Å². The van der Waals surface area contributed by atoms with E-state index in [-0.39, 0.29) is 17.8 Å². The second-order valence-corrected chi connectivity index (χ2v) is 6.87. The van der Waals surface area contributed by atoms with E-state index in [0.29, 0.717) is 12.4 Å². The van der Waals surface area contributed by atoms with Crippen molar-refractivity contribution < 1.29 is 14.4 Å². The minimum Gasteiger partial charge on any atom is -0.486 e. The number of nitrogens with zero attached hydrogens (tertiary/aromatic N) is 3. The van der Waals surface area contributed by atoms with Crippen LogP contribution in [0, 0.1) is 10.1 Å². The lowest BCUT2D eigenvalue weighted by atomic mass is 10.0. The Morgan fingerprint density at radius 2 is 2.11 bits per heavy atom. The fraction of sp³-hybridized carbons (Fsp3) is 0.421. The molecule has 2 atom stereocenters. The van der Waals surface area contributed by atoms with Gasteiger partial charge in [0.25, 0.3) is 0 Å². The summed E-state index contributed by atoms with van der Waals surface area (Å²) in [5.41, 5.74) is 0.00949. The number of hydrogen-bond donors (Lipinski definition) is 1. The highest BCUT2D eigenvalue weighted by molar-refractivity contribution is 5.55. The summed E-state index contributed by atoms with van der Waals surface area (Å²) in [5, 5.41) is 14.4. The second kappa shape index (κ2) is 7.79. The first-order chi connectivity index (χ1) is 13.2. The molecule has 0 saturated carbocycles. The Balaban J connectivity index is 1.36. The van der Waals surface area contributed by atoms with Gasteiger partial charge in [-0.2, -0.15) is 0 Å². The fourth-order valence-corrected chi connectivity index (χ4v) is 3.63. The molecule has 1 aromatic heterocycles. The van der Waals surface area contributed by atoms with Crippen molar-refractivity contribution in [2.45, 2.75) is 25.0 Å². The summed E-state index contributed by atoms with van der Waals surface area (Å²) in [6, 6.07) is 10.9. The largest absolute Gasteiger partial charge is 0.486 e. The number of benzene rings is 1. The van der Waals surface area contributed by atoms with Crippen LogP contribution in [0.3, 0.4) is 0 Å². The summed E-state index contributed by atoms with van der Waals surface area (Å²) in [7, 11) is 0. The molecular weight excluding hydrogens is 348 g/mol. The maximum Gasteiger partial charge on any atom is 0.311 e. The third-order valence-corrected chi connectivity index (χ3v) is 4.86. The fourth-order valence-electron chi connectivity index (χ4n) is 3.63. The summed E-state index contributed by atoms with van der Waals surface area (Å²) >= 11 is 0. The number of pyridine rings is 1. The van der Waals surface area contributed by atoms with E-state index in [1.807, 2.05) is 24.3 Å². The minimum atomic E-state index is -0.402. The lowest BCUT2D eigenvalue weighted by molar-refractivity contribution is -0.384. The molecule has 142 valence electrons. The third kappa shape index (κ3) is 4.11. The van der Waals surface area contributed by atoms with Crippen molar-refractivity contribution in [3.05, 3.63) is 52.7 Å². The van der Waals surface area contributed by atoms with Crippen LogP contribution < -0.4 is 14.8 Å². The summed E-state index contributed by atoms with van der Waals surface area (Å²) in [4.78, 5) is 17.2. The molecule has 4 rings (SSSR count). The van der Waals surface area contributed by atoms with Crippen LogP contribution in [-0.2, 0) is 0 Å². The second-order valence-electron chi connectivity index (χ2n) is 6.87. The highest BCUT2D eigenvalue weighted by atomic mass is 16.6. The van der Waals surface area contributed by atoms with E-state index in [4.69, 9.17) is 9.47 Å². The molecule has 0 unspecified atom stereocenters. The van der Waals surface area contributed by atoms with Crippen LogP contribution in [0.25, 0.3) is 0 Å². The van der Waals surface area contributed by atoms with Crippen LogP contribution in [0.2, 0.25) is 0 Å². The Labute approximate surface area is 157 Å². The lowest BCUT2D eigenvalue weighted by Gasteiger charge is -2.36. The predicted octanol–water partition coefficient (Wildman–Crippen LogP) is 2.71. The molecule has 1 N–H and O–H groups in total. The first-order valence-electron chi connectivity index (χ1n) is 9.16. The maximum atomic E-state index is 11.2. The van der Waals surface area contributed by atoms with Crippen LogP contribution in [0.5, 0.6) is 11.5 Å². The zero-order valence-electron chi connectivity index (χ0n) is 14.9. The molecular formula is C19H22N4O4. The van der Waals surface area contributed by atoms with Crippen LogP contribution in [-0.4, -0.2) is 53.2 Å². The minimum absolute atomic E-state index is 0.00949. The van der Waals surface area contributed by atoms with Crippen LogP contribution in [0.1, 0.15) is 12.8 Å². The quantitative estimate of drug-likeness (QED) is 0.639. The number of ether oxygens (including phenoxy) is 2. The van der Waals surface area contributed by atoms with Crippen molar-refractivity contribution in [3.8, 4) is 11.5 Å². The van der Waals surface area contributed by atoms with Crippen LogP contribution in [0.15, 0.2) is 42.6 Å². The molecule has 0 radical (unpaired) electrons.